The molecule has 5 rings (SSSR count). The number of nitrogens with one attached hydrogen (secondary N) is 1. The number of rotatable bonds is 5. The van der Waals surface area contributed by atoms with Gasteiger partial charge >= 0.3 is 0 Å². The topological polar surface area (TPSA) is 45.5 Å². The maximum absolute atomic E-state index is 5.02. The summed E-state index contributed by atoms with van der Waals surface area (Å²) in [5.41, 5.74) is 4.47. The predicted molar refractivity (Wildman–Crippen MR) is 136 cm³/mol. The molecule has 2 aromatic heterocycles. The number of aromatic nitrogens is 3. The van der Waals surface area contributed by atoms with Crippen LogP contribution in [0.3, 0.4) is 0 Å². The van der Waals surface area contributed by atoms with E-state index in [1.165, 1.54) is 66.7 Å². The summed E-state index contributed by atoms with van der Waals surface area (Å²) in [7, 11) is 0.680. The number of benzene rings is 1. The van der Waals surface area contributed by atoms with Gasteiger partial charge in [-0.3, -0.25) is 0 Å². The van der Waals surface area contributed by atoms with E-state index in [4.69, 9.17) is 4.98 Å². The Balaban J connectivity index is 1.39. The number of anilines is 1. The second-order valence-corrected chi connectivity index (χ2v) is 10.9. The van der Waals surface area contributed by atoms with Crippen molar-refractivity contribution in [2.75, 3.05) is 36.6 Å². The van der Waals surface area contributed by atoms with Gasteiger partial charge in [-0.1, -0.05) is 32.8 Å². The molecule has 0 spiro atoms. The van der Waals surface area contributed by atoms with Crippen molar-refractivity contribution in [2.45, 2.75) is 44.7 Å². The fourth-order valence-electron chi connectivity index (χ4n) is 4.91. The van der Waals surface area contributed by atoms with Gasteiger partial charge in [0.25, 0.3) is 0 Å². The number of piperidine rings is 1. The average Bonchev–Trinajstić information content (AvgIpc) is 3.24. The molecule has 3 aromatic rings. The van der Waals surface area contributed by atoms with Crippen LogP contribution in [0.1, 0.15) is 31.2 Å². The van der Waals surface area contributed by atoms with Gasteiger partial charge in [-0.2, -0.15) is 21.4 Å². The highest BCUT2D eigenvalue weighted by molar-refractivity contribution is 7.99. The SMILES string of the molecule is CPc1cnn2c(NC3CCN(C4CCSCC4)CC3)cc(-c3ccccc3C)nc12. The van der Waals surface area contributed by atoms with Gasteiger partial charge in [-0.05, 0) is 56.3 Å². The highest BCUT2D eigenvalue weighted by Gasteiger charge is 2.27. The van der Waals surface area contributed by atoms with Crippen LogP contribution in [0.2, 0.25) is 0 Å². The number of hydrogen-bond donors (Lipinski definition) is 1. The smallest absolute Gasteiger partial charge is 0.165 e. The number of aryl methyl sites for hydroxylation is 1. The molecule has 31 heavy (non-hydrogen) atoms. The van der Waals surface area contributed by atoms with E-state index >= 15 is 0 Å². The van der Waals surface area contributed by atoms with E-state index in [-0.39, 0.29) is 0 Å². The maximum Gasteiger partial charge on any atom is 0.165 e. The molecule has 0 aliphatic carbocycles. The Labute approximate surface area is 191 Å². The molecular formula is C24H32N5PS. The Morgan fingerprint density at radius 3 is 2.61 bits per heavy atom. The summed E-state index contributed by atoms with van der Waals surface area (Å²) in [6.07, 6.45) is 7.09. The molecule has 5 nitrogen and oxygen atoms in total. The lowest BCUT2D eigenvalue weighted by Crippen LogP contribution is -2.46. The quantitative estimate of drug-likeness (QED) is 0.580. The summed E-state index contributed by atoms with van der Waals surface area (Å²) in [5, 5.41) is 9.76. The van der Waals surface area contributed by atoms with E-state index in [0.717, 1.165) is 23.2 Å². The molecule has 7 heteroatoms. The molecule has 0 amide bonds. The van der Waals surface area contributed by atoms with Crippen molar-refractivity contribution >= 4 is 37.1 Å². The number of fused-ring (bicyclic) bond motifs is 1. The first-order valence-corrected chi connectivity index (χ1v) is 14.1. The first kappa shape index (κ1) is 21.2. The lowest BCUT2D eigenvalue weighted by atomic mass is 10.0. The normalized spacial score (nSPS) is 19.5. The van der Waals surface area contributed by atoms with Crippen molar-refractivity contribution in [1.82, 2.24) is 19.5 Å². The summed E-state index contributed by atoms with van der Waals surface area (Å²) in [6, 6.07) is 12.0. The Morgan fingerprint density at radius 1 is 1.10 bits per heavy atom. The monoisotopic (exact) mass is 453 g/mol. The zero-order valence-electron chi connectivity index (χ0n) is 18.5. The van der Waals surface area contributed by atoms with Crippen LogP contribution in [0.25, 0.3) is 16.9 Å². The molecule has 1 aromatic carbocycles. The first-order valence-electron chi connectivity index (χ1n) is 11.4. The molecule has 1 N–H and O–H groups in total. The van der Waals surface area contributed by atoms with Crippen LogP contribution in [0.4, 0.5) is 5.82 Å². The van der Waals surface area contributed by atoms with Gasteiger partial charge in [0, 0.05) is 42.1 Å². The highest BCUT2D eigenvalue weighted by Crippen LogP contribution is 2.28. The molecule has 1 atom stereocenters. The van der Waals surface area contributed by atoms with E-state index in [9.17, 15) is 0 Å². The minimum atomic E-state index is 0.487. The van der Waals surface area contributed by atoms with Crippen LogP contribution in [0.5, 0.6) is 0 Å². The van der Waals surface area contributed by atoms with Crippen molar-refractivity contribution in [3.05, 3.63) is 42.1 Å². The molecule has 0 radical (unpaired) electrons. The lowest BCUT2D eigenvalue weighted by Gasteiger charge is -2.39. The summed E-state index contributed by atoms with van der Waals surface area (Å²) >= 11 is 2.12. The zero-order chi connectivity index (χ0) is 21.2. The summed E-state index contributed by atoms with van der Waals surface area (Å²) < 4.78 is 2.01. The minimum Gasteiger partial charge on any atom is -0.367 e. The summed E-state index contributed by atoms with van der Waals surface area (Å²) in [6.45, 7) is 6.76. The van der Waals surface area contributed by atoms with Gasteiger partial charge in [-0.25, -0.2) is 4.98 Å². The third kappa shape index (κ3) is 4.48. The molecule has 2 aliphatic heterocycles. The molecule has 0 saturated carbocycles. The average molecular weight is 454 g/mol. The zero-order valence-corrected chi connectivity index (χ0v) is 20.3. The van der Waals surface area contributed by atoms with Gasteiger partial charge in [0.1, 0.15) is 5.82 Å². The van der Waals surface area contributed by atoms with Gasteiger partial charge in [-0.15, -0.1) is 0 Å². The van der Waals surface area contributed by atoms with Gasteiger partial charge in [0.15, 0.2) is 5.65 Å². The number of nitrogens with zero attached hydrogens (tertiary/aromatic N) is 4. The molecular weight excluding hydrogens is 421 g/mol. The molecule has 4 heterocycles. The predicted octanol–water partition coefficient (Wildman–Crippen LogP) is 4.41. The van der Waals surface area contributed by atoms with Gasteiger partial charge < -0.3 is 10.2 Å². The number of hydrogen-bond acceptors (Lipinski definition) is 5. The van der Waals surface area contributed by atoms with Crippen molar-refractivity contribution in [1.29, 1.82) is 0 Å². The van der Waals surface area contributed by atoms with Crippen LogP contribution in [-0.2, 0) is 0 Å². The van der Waals surface area contributed by atoms with Crippen LogP contribution >= 0.6 is 20.3 Å². The first-order chi connectivity index (χ1) is 15.2. The lowest BCUT2D eigenvalue weighted by molar-refractivity contribution is 0.148. The van der Waals surface area contributed by atoms with Crippen molar-refractivity contribution in [2.24, 2.45) is 0 Å². The van der Waals surface area contributed by atoms with Gasteiger partial charge in [0.2, 0.25) is 0 Å². The van der Waals surface area contributed by atoms with E-state index < -0.39 is 0 Å². The molecule has 2 fully saturated rings. The van der Waals surface area contributed by atoms with Gasteiger partial charge in [0.05, 0.1) is 11.9 Å². The van der Waals surface area contributed by atoms with Crippen LogP contribution in [0.15, 0.2) is 36.5 Å². The van der Waals surface area contributed by atoms with E-state index in [2.05, 4.69) is 71.0 Å². The highest BCUT2D eigenvalue weighted by atomic mass is 32.2. The van der Waals surface area contributed by atoms with Crippen molar-refractivity contribution in [3.8, 4) is 11.3 Å². The van der Waals surface area contributed by atoms with E-state index in [0.29, 0.717) is 14.6 Å². The second-order valence-electron chi connectivity index (χ2n) is 8.68. The maximum atomic E-state index is 5.02. The molecule has 1 unspecified atom stereocenters. The minimum absolute atomic E-state index is 0.487. The molecule has 0 bridgehead atoms. The third-order valence-electron chi connectivity index (χ3n) is 6.75. The number of likely N-dealkylation sites (tertiary alicyclic amines) is 1. The summed E-state index contributed by atoms with van der Waals surface area (Å²) in [5.74, 6) is 3.73. The van der Waals surface area contributed by atoms with Crippen molar-refractivity contribution in [3.63, 3.8) is 0 Å². The molecule has 2 saturated heterocycles. The van der Waals surface area contributed by atoms with Crippen LogP contribution in [0, 0.1) is 6.92 Å². The largest absolute Gasteiger partial charge is 0.367 e. The summed E-state index contributed by atoms with van der Waals surface area (Å²) in [4.78, 5) is 7.76. The van der Waals surface area contributed by atoms with Crippen molar-refractivity contribution < 1.29 is 0 Å². The van der Waals surface area contributed by atoms with E-state index in [1.807, 2.05) is 10.7 Å². The standard InChI is InChI=1S/C24H32N5PS/c1-17-5-3-4-6-20(17)21-15-23(29-24(27-21)22(30-2)16-25-29)26-18-7-11-28(12-8-18)19-9-13-31-14-10-19/h3-6,15-16,18-19,26,30H,7-14H2,1-2H3. The fourth-order valence-corrected chi connectivity index (χ4v) is 6.56. The Kier molecular flexibility index (Phi) is 6.49. The van der Waals surface area contributed by atoms with E-state index in [1.54, 1.807) is 0 Å². The Hall–Kier alpha value is -1.62. The fraction of sp³-hybridized carbons (Fsp3) is 0.500. The van der Waals surface area contributed by atoms with Crippen LogP contribution in [-0.4, -0.2) is 62.8 Å². The van der Waals surface area contributed by atoms with Crippen LogP contribution < -0.4 is 10.6 Å². The molecule has 2 aliphatic rings. The third-order valence-corrected chi connectivity index (χ3v) is 8.69. The Morgan fingerprint density at radius 2 is 1.87 bits per heavy atom. The molecule has 164 valence electrons. The second kappa shape index (κ2) is 9.48. The Bertz CT molecular complexity index is 1040. The number of thioether (sulfide) groups is 1.